The van der Waals surface area contributed by atoms with Crippen LogP contribution in [0, 0.1) is 0 Å². The Morgan fingerprint density at radius 3 is 2.38 bits per heavy atom. The number of amides is 1. The Hall–Kier alpha value is -1.54. The molecule has 8 nitrogen and oxygen atoms in total. The maximum Gasteiger partial charge on any atom is 0.410 e. The van der Waals surface area contributed by atoms with Crippen LogP contribution in [0.15, 0.2) is 4.99 Å². The third kappa shape index (κ3) is 5.01. The van der Waals surface area contributed by atoms with Crippen LogP contribution in [0.25, 0.3) is 0 Å². The molecule has 1 atom stereocenters. The molecule has 4 aliphatic heterocycles. The largest absolute Gasteiger partial charge is 0.444 e. The summed E-state index contributed by atoms with van der Waals surface area (Å²) in [6, 6.07) is 0.750. The zero-order valence-corrected chi connectivity index (χ0v) is 16.6. The van der Waals surface area contributed by atoms with E-state index in [9.17, 15) is 4.79 Å². The average molecular weight is 367 g/mol. The second-order valence-electron chi connectivity index (χ2n) is 8.44. The number of carbonyl (C=O) groups excluding carboxylic acids is 1. The Morgan fingerprint density at radius 1 is 1.15 bits per heavy atom. The number of piperazine rings is 3. The molecular formula is C18H34N6O2. The molecule has 4 heterocycles. The Labute approximate surface area is 156 Å². The van der Waals surface area contributed by atoms with Crippen LogP contribution in [-0.2, 0) is 4.74 Å². The highest BCUT2D eigenvalue weighted by Crippen LogP contribution is 2.16. The molecule has 4 rings (SSSR count). The summed E-state index contributed by atoms with van der Waals surface area (Å²) in [7, 11) is 0. The van der Waals surface area contributed by atoms with Crippen molar-refractivity contribution in [3.05, 3.63) is 0 Å². The molecule has 4 saturated heterocycles. The first-order valence-corrected chi connectivity index (χ1v) is 9.83. The first-order valence-electron chi connectivity index (χ1n) is 9.83. The van der Waals surface area contributed by atoms with Gasteiger partial charge in [0.15, 0.2) is 5.96 Å². The summed E-state index contributed by atoms with van der Waals surface area (Å²) in [6.45, 7) is 16.5. The maximum atomic E-state index is 12.0. The standard InChI is InChI=1S/C18H34N6O2/c1-5-19-16(20-10-15-13-22-6-8-23(15)9-7-22)21-14-11-24(12-14)17(25)26-18(2,3)4/h14-15H,5-13H2,1-4H3,(H2,19,20,21). The van der Waals surface area contributed by atoms with Gasteiger partial charge in [0.2, 0.25) is 0 Å². The van der Waals surface area contributed by atoms with Crippen molar-refractivity contribution in [2.45, 2.75) is 45.4 Å². The zero-order valence-electron chi connectivity index (χ0n) is 16.6. The lowest BCUT2D eigenvalue weighted by atomic mass is 10.1. The van der Waals surface area contributed by atoms with Crippen molar-refractivity contribution in [3.8, 4) is 0 Å². The first kappa shape index (κ1) is 19.2. The Kier molecular flexibility index (Phi) is 5.92. The molecule has 8 heteroatoms. The summed E-state index contributed by atoms with van der Waals surface area (Å²) >= 11 is 0. The molecule has 0 aromatic rings. The summed E-state index contributed by atoms with van der Waals surface area (Å²) < 4.78 is 5.40. The van der Waals surface area contributed by atoms with Gasteiger partial charge in [-0.3, -0.25) is 14.8 Å². The number of aliphatic imine (C=N–C) groups is 1. The Balaban J connectivity index is 1.45. The Morgan fingerprint density at radius 2 is 1.85 bits per heavy atom. The second-order valence-corrected chi connectivity index (χ2v) is 8.44. The average Bonchev–Trinajstić information content (AvgIpc) is 2.54. The van der Waals surface area contributed by atoms with Crippen LogP contribution >= 0.6 is 0 Å². The lowest BCUT2D eigenvalue weighted by molar-refractivity contribution is 0.00694. The molecule has 0 saturated carbocycles. The predicted molar refractivity (Wildman–Crippen MR) is 103 cm³/mol. The fourth-order valence-electron chi connectivity index (χ4n) is 3.65. The number of fused-ring (bicyclic) bond motifs is 3. The van der Waals surface area contributed by atoms with E-state index in [1.165, 1.54) is 13.1 Å². The number of rotatable bonds is 4. The lowest BCUT2D eigenvalue weighted by Gasteiger charge is -2.47. The van der Waals surface area contributed by atoms with E-state index in [0.29, 0.717) is 19.1 Å². The highest BCUT2D eigenvalue weighted by Gasteiger charge is 2.35. The van der Waals surface area contributed by atoms with Crippen LogP contribution < -0.4 is 10.6 Å². The minimum Gasteiger partial charge on any atom is -0.444 e. The summed E-state index contributed by atoms with van der Waals surface area (Å²) in [5.41, 5.74) is -0.448. The van der Waals surface area contributed by atoms with E-state index in [0.717, 1.165) is 38.7 Å². The topological polar surface area (TPSA) is 72.4 Å². The number of ether oxygens (including phenoxy) is 1. The molecule has 2 N–H and O–H groups in total. The van der Waals surface area contributed by atoms with Crippen molar-refractivity contribution in [3.63, 3.8) is 0 Å². The predicted octanol–water partition coefficient (Wildman–Crippen LogP) is 0.161. The number of carbonyl (C=O) groups is 1. The van der Waals surface area contributed by atoms with Gasteiger partial charge in [0, 0.05) is 58.4 Å². The number of hydrogen-bond donors (Lipinski definition) is 2. The van der Waals surface area contributed by atoms with Gasteiger partial charge in [-0.2, -0.15) is 0 Å². The minimum atomic E-state index is -0.448. The van der Waals surface area contributed by atoms with Crippen LogP contribution in [0.1, 0.15) is 27.7 Å². The molecule has 0 aromatic heterocycles. The van der Waals surface area contributed by atoms with E-state index in [2.05, 4.69) is 27.4 Å². The molecule has 2 bridgehead atoms. The monoisotopic (exact) mass is 366 g/mol. The van der Waals surface area contributed by atoms with Gasteiger partial charge in [-0.25, -0.2) is 4.79 Å². The number of likely N-dealkylation sites (tertiary alicyclic amines) is 1. The molecule has 26 heavy (non-hydrogen) atoms. The highest BCUT2D eigenvalue weighted by atomic mass is 16.6. The summed E-state index contributed by atoms with van der Waals surface area (Å²) in [4.78, 5) is 23.6. The molecule has 4 fully saturated rings. The third-order valence-corrected chi connectivity index (χ3v) is 5.07. The molecule has 0 aliphatic carbocycles. The quantitative estimate of drug-likeness (QED) is 0.546. The lowest BCUT2D eigenvalue weighted by Crippen LogP contribution is -2.63. The molecule has 1 amide bonds. The van der Waals surface area contributed by atoms with Crippen molar-refractivity contribution in [2.24, 2.45) is 4.99 Å². The SMILES string of the molecule is CCNC(=NCC1CN2CCN1CC2)NC1CN(C(=O)OC(C)(C)C)C1. The normalized spacial score (nSPS) is 29.3. The van der Waals surface area contributed by atoms with E-state index >= 15 is 0 Å². The van der Waals surface area contributed by atoms with Gasteiger partial charge in [0.05, 0.1) is 12.6 Å². The number of nitrogens with one attached hydrogen (secondary N) is 2. The van der Waals surface area contributed by atoms with Crippen molar-refractivity contribution >= 4 is 12.1 Å². The number of hydrogen-bond acceptors (Lipinski definition) is 5. The van der Waals surface area contributed by atoms with Crippen molar-refractivity contribution in [1.82, 2.24) is 25.3 Å². The minimum absolute atomic E-state index is 0.229. The van der Waals surface area contributed by atoms with Crippen molar-refractivity contribution in [2.75, 3.05) is 58.9 Å². The van der Waals surface area contributed by atoms with Gasteiger partial charge in [-0.05, 0) is 27.7 Å². The van der Waals surface area contributed by atoms with Gasteiger partial charge < -0.3 is 20.3 Å². The van der Waals surface area contributed by atoms with Gasteiger partial charge in [-0.1, -0.05) is 0 Å². The summed E-state index contributed by atoms with van der Waals surface area (Å²) in [5.74, 6) is 0.846. The van der Waals surface area contributed by atoms with E-state index in [1.807, 2.05) is 20.8 Å². The summed E-state index contributed by atoms with van der Waals surface area (Å²) in [5, 5.41) is 6.76. The molecule has 1 unspecified atom stereocenters. The van der Waals surface area contributed by atoms with Crippen LogP contribution in [0.3, 0.4) is 0 Å². The number of guanidine groups is 1. The van der Waals surface area contributed by atoms with Gasteiger partial charge in [-0.15, -0.1) is 0 Å². The molecule has 0 aromatic carbocycles. The zero-order chi connectivity index (χ0) is 18.7. The first-order chi connectivity index (χ1) is 12.3. The smallest absolute Gasteiger partial charge is 0.410 e. The molecule has 0 spiro atoms. The third-order valence-electron chi connectivity index (χ3n) is 5.07. The fourth-order valence-corrected chi connectivity index (χ4v) is 3.65. The second kappa shape index (κ2) is 8.00. The molecule has 0 radical (unpaired) electrons. The maximum absolute atomic E-state index is 12.0. The van der Waals surface area contributed by atoms with Crippen LogP contribution in [0.2, 0.25) is 0 Å². The summed E-state index contributed by atoms with van der Waals surface area (Å²) in [6.07, 6.45) is -0.238. The van der Waals surface area contributed by atoms with Crippen LogP contribution in [0.5, 0.6) is 0 Å². The van der Waals surface area contributed by atoms with E-state index in [-0.39, 0.29) is 12.1 Å². The van der Waals surface area contributed by atoms with Crippen molar-refractivity contribution in [1.29, 1.82) is 0 Å². The van der Waals surface area contributed by atoms with Crippen LogP contribution in [0.4, 0.5) is 4.79 Å². The van der Waals surface area contributed by atoms with Crippen molar-refractivity contribution < 1.29 is 9.53 Å². The molecule has 148 valence electrons. The highest BCUT2D eigenvalue weighted by molar-refractivity contribution is 5.80. The molecular weight excluding hydrogens is 332 g/mol. The van der Waals surface area contributed by atoms with Gasteiger partial charge in [0.1, 0.15) is 5.60 Å². The van der Waals surface area contributed by atoms with Gasteiger partial charge in [0.25, 0.3) is 0 Å². The van der Waals surface area contributed by atoms with E-state index in [4.69, 9.17) is 9.73 Å². The van der Waals surface area contributed by atoms with Crippen LogP contribution in [-0.4, -0.2) is 103 Å². The van der Waals surface area contributed by atoms with E-state index < -0.39 is 5.60 Å². The fraction of sp³-hybridized carbons (Fsp3) is 0.889. The number of nitrogens with zero attached hydrogens (tertiary/aromatic N) is 4. The van der Waals surface area contributed by atoms with E-state index in [1.54, 1.807) is 4.90 Å². The molecule has 4 aliphatic rings. The van der Waals surface area contributed by atoms with Gasteiger partial charge >= 0.3 is 6.09 Å². The Bertz CT molecular complexity index is 518.